The molecule has 9 heteroatoms. The molecule has 26 heavy (non-hydrogen) atoms. The van der Waals surface area contributed by atoms with Gasteiger partial charge in [-0.2, -0.15) is 4.52 Å². The van der Waals surface area contributed by atoms with Crippen LogP contribution in [0.1, 0.15) is 29.4 Å². The van der Waals surface area contributed by atoms with Gasteiger partial charge in [0, 0.05) is 34.9 Å². The van der Waals surface area contributed by atoms with Gasteiger partial charge in [0.2, 0.25) is 10.1 Å². The Morgan fingerprint density at radius 2 is 2.04 bits per heavy atom. The molecule has 0 aliphatic rings. The van der Waals surface area contributed by atoms with Crippen molar-refractivity contribution in [1.29, 1.82) is 0 Å². The summed E-state index contributed by atoms with van der Waals surface area (Å²) in [5.74, 6) is -0.0969. The van der Waals surface area contributed by atoms with Crippen molar-refractivity contribution < 1.29 is 4.79 Å². The second kappa shape index (κ2) is 8.41. The second-order valence-electron chi connectivity index (χ2n) is 5.58. The van der Waals surface area contributed by atoms with Crippen LogP contribution in [0.2, 0.25) is 0 Å². The first-order valence-electron chi connectivity index (χ1n) is 8.24. The van der Waals surface area contributed by atoms with Gasteiger partial charge in [-0.25, -0.2) is 4.98 Å². The summed E-state index contributed by atoms with van der Waals surface area (Å²) in [6.07, 6.45) is 1.45. The molecule has 0 saturated carbocycles. The fraction of sp³-hybridized carbons (Fsp3) is 0.294. The van der Waals surface area contributed by atoms with E-state index >= 15 is 0 Å². The molecular formula is C17H18BrN5O2S. The number of carbonyl (C=O) groups is 1. The summed E-state index contributed by atoms with van der Waals surface area (Å²) >= 11 is 4.69. The Morgan fingerprint density at radius 1 is 1.27 bits per heavy atom. The van der Waals surface area contributed by atoms with Crippen LogP contribution in [0.4, 0.5) is 5.13 Å². The lowest BCUT2D eigenvalue weighted by Crippen LogP contribution is -2.25. The summed E-state index contributed by atoms with van der Waals surface area (Å²) in [6, 6.07) is 8.73. The summed E-state index contributed by atoms with van der Waals surface area (Å²) in [6.45, 7) is 3.14. The Hall–Kier alpha value is -2.26. The SMILES string of the molecule is CCc1cc(=O)n2nc(NCCCNC(=O)c3ccc(Br)cc3)sc2n1. The number of amides is 1. The Balaban J connectivity index is 1.48. The number of anilines is 1. The maximum absolute atomic E-state index is 12.0. The summed E-state index contributed by atoms with van der Waals surface area (Å²) in [5.41, 5.74) is 1.23. The van der Waals surface area contributed by atoms with Crippen molar-refractivity contribution in [3.63, 3.8) is 0 Å². The van der Waals surface area contributed by atoms with Crippen molar-refractivity contribution in [1.82, 2.24) is 19.9 Å². The molecule has 0 aliphatic carbocycles. The third kappa shape index (κ3) is 4.47. The quantitative estimate of drug-likeness (QED) is 0.556. The van der Waals surface area contributed by atoms with Gasteiger partial charge in [0.1, 0.15) is 0 Å². The molecule has 0 saturated heterocycles. The van der Waals surface area contributed by atoms with Gasteiger partial charge < -0.3 is 10.6 Å². The number of aromatic nitrogens is 3. The molecule has 2 heterocycles. The molecule has 7 nitrogen and oxygen atoms in total. The Morgan fingerprint density at radius 3 is 2.77 bits per heavy atom. The predicted octanol–water partition coefficient (Wildman–Crippen LogP) is 2.71. The lowest BCUT2D eigenvalue weighted by atomic mass is 10.2. The molecule has 1 amide bonds. The van der Waals surface area contributed by atoms with E-state index in [-0.39, 0.29) is 11.5 Å². The Kier molecular flexibility index (Phi) is 6.00. The van der Waals surface area contributed by atoms with E-state index in [2.05, 4.69) is 36.6 Å². The Bertz CT molecular complexity index is 967. The number of rotatable bonds is 7. The van der Waals surface area contributed by atoms with E-state index in [0.717, 1.165) is 16.6 Å². The lowest BCUT2D eigenvalue weighted by molar-refractivity contribution is 0.0953. The molecule has 3 rings (SSSR count). The van der Waals surface area contributed by atoms with Crippen molar-refractivity contribution in [3.05, 3.63) is 56.4 Å². The predicted molar refractivity (Wildman–Crippen MR) is 106 cm³/mol. The zero-order chi connectivity index (χ0) is 18.5. The van der Waals surface area contributed by atoms with Gasteiger partial charge in [-0.3, -0.25) is 9.59 Å². The van der Waals surface area contributed by atoms with Crippen molar-refractivity contribution in [2.24, 2.45) is 0 Å². The van der Waals surface area contributed by atoms with E-state index in [1.165, 1.54) is 21.9 Å². The topological polar surface area (TPSA) is 88.4 Å². The summed E-state index contributed by atoms with van der Waals surface area (Å²) in [5, 5.41) is 10.9. The molecular weight excluding hydrogens is 418 g/mol. The molecule has 0 bridgehead atoms. The van der Waals surface area contributed by atoms with Crippen LogP contribution in [0.25, 0.3) is 4.96 Å². The average Bonchev–Trinajstić information content (AvgIpc) is 3.05. The van der Waals surface area contributed by atoms with Crippen LogP contribution in [0.5, 0.6) is 0 Å². The van der Waals surface area contributed by atoms with Crippen molar-refractivity contribution in [2.45, 2.75) is 19.8 Å². The standard InChI is InChI=1S/C17H18BrN5O2S/c1-2-13-10-14(24)23-17(21-13)26-16(22-23)20-9-3-8-19-15(25)11-4-6-12(18)7-5-11/h4-7,10H,2-3,8-9H2,1H3,(H,19,25)(H,20,22). The maximum Gasteiger partial charge on any atom is 0.275 e. The van der Waals surface area contributed by atoms with E-state index in [9.17, 15) is 9.59 Å². The molecule has 0 aliphatic heterocycles. The molecule has 2 N–H and O–H groups in total. The molecule has 0 spiro atoms. The van der Waals surface area contributed by atoms with Crippen molar-refractivity contribution in [3.8, 4) is 0 Å². The number of fused-ring (bicyclic) bond motifs is 1. The van der Waals surface area contributed by atoms with Gasteiger partial charge in [-0.15, -0.1) is 5.10 Å². The monoisotopic (exact) mass is 435 g/mol. The highest BCUT2D eigenvalue weighted by Crippen LogP contribution is 2.16. The van der Waals surface area contributed by atoms with E-state index in [1.54, 1.807) is 12.1 Å². The lowest BCUT2D eigenvalue weighted by Gasteiger charge is -2.05. The van der Waals surface area contributed by atoms with Crippen molar-refractivity contribution in [2.75, 3.05) is 18.4 Å². The number of aryl methyl sites for hydroxylation is 1. The number of hydrogen-bond acceptors (Lipinski definition) is 6. The Labute approximate surface area is 162 Å². The minimum absolute atomic E-state index is 0.0969. The zero-order valence-corrected chi connectivity index (χ0v) is 16.6. The zero-order valence-electron chi connectivity index (χ0n) is 14.2. The maximum atomic E-state index is 12.0. The first-order valence-corrected chi connectivity index (χ1v) is 9.85. The second-order valence-corrected chi connectivity index (χ2v) is 7.46. The highest BCUT2D eigenvalue weighted by Gasteiger charge is 2.08. The first kappa shape index (κ1) is 18.5. The van der Waals surface area contributed by atoms with Crippen LogP contribution in [-0.2, 0) is 6.42 Å². The third-order valence-electron chi connectivity index (χ3n) is 3.68. The van der Waals surface area contributed by atoms with E-state index in [4.69, 9.17) is 0 Å². The normalized spacial score (nSPS) is 10.8. The molecule has 136 valence electrons. The largest absolute Gasteiger partial charge is 0.360 e. The van der Waals surface area contributed by atoms with Gasteiger partial charge in [0.05, 0.1) is 0 Å². The van der Waals surface area contributed by atoms with Gasteiger partial charge in [0.25, 0.3) is 11.5 Å². The van der Waals surface area contributed by atoms with Gasteiger partial charge in [-0.05, 0) is 37.1 Å². The minimum atomic E-state index is -0.169. The summed E-state index contributed by atoms with van der Waals surface area (Å²) in [4.78, 5) is 29.0. The van der Waals surface area contributed by atoms with Gasteiger partial charge in [0.15, 0.2) is 0 Å². The highest BCUT2D eigenvalue weighted by atomic mass is 79.9. The molecule has 3 aromatic rings. The number of halogens is 1. The van der Waals surface area contributed by atoms with E-state index in [0.29, 0.717) is 35.2 Å². The minimum Gasteiger partial charge on any atom is -0.360 e. The smallest absolute Gasteiger partial charge is 0.275 e. The van der Waals surface area contributed by atoms with Crippen LogP contribution in [0, 0.1) is 0 Å². The van der Waals surface area contributed by atoms with E-state index in [1.807, 2.05) is 19.1 Å². The van der Waals surface area contributed by atoms with Crippen molar-refractivity contribution >= 4 is 43.3 Å². The van der Waals surface area contributed by atoms with Crippen LogP contribution in [-0.4, -0.2) is 33.6 Å². The van der Waals surface area contributed by atoms with Crippen LogP contribution < -0.4 is 16.2 Å². The third-order valence-corrected chi connectivity index (χ3v) is 5.08. The number of carbonyl (C=O) groups excluding carboxylic acids is 1. The molecule has 0 fully saturated rings. The van der Waals surface area contributed by atoms with E-state index < -0.39 is 0 Å². The van der Waals surface area contributed by atoms with Crippen LogP contribution in [0.15, 0.2) is 39.6 Å². The molecule has 1 aromatic carbocycles. The highest BCUT2D eigenvalue weighted by molar-refractivity contribution is 9.10. The molecule has 0 unspecified atom stereocenters. The number of nitrogens with zero attached hydrogens (tertiary/aromatic N) is 3. The number of nitrogens with one attached hydrogen (secondary N) is 2. The van der Waals surface area contributed by atoms with Gasteiger partial charge >= 0.3 is 0 Å². The summed E-state index contributed by atoms with van der Waals surface area (Å²) in [7, 11) is 0. The number of benzene rings is 1. The van der Waals surface area contributed by atoms with Crippen LogP contribution >= 0.6 is 27.3 Å². The first-order chi connectivity index (χ1) is 12.6. The average molecular weight is 436 g/mol. The molecule has 2 aromatic heterocycles. The van der Waals surface area contributed by atoms with Gasteiger partial charge in [-0.1, -0.05) is 34.2 Å². The van der Waals surface area contributed by atoms with Crippen LogP contribution in [0.3, 0.4) is 0 Å². The fourth-order valence-electron chi connectivity index (χ4n) is 2.30. The fourth-order valence-corrected chi connectivity index (χ4v) is 3.41. The molecule has 0 atom stereocenters. The summed E-state index contributed by atoms with van der Waals surface area (Å²) < 4.78 is 2.25. The molecule has 0 radical (unpaired) electrons. The number of hydrogen-bond donors (Lipinski definition) is 2.